The van der Waals surface area contributed by atoms with Crippen LogP contribution >= 0.6 is 0 Å². The molecule has 0 spiro atoms. The molecule has 5 rings (SSSR count). The highest BCUT2D eigenvalue weighted by Gasteiger charge is 2.36. The van der Waals surface area contributed by atoms with Gasteiger partial charge in [0.05, 0.1) is 0 Å². The Morgan fingerprint density at radius 3 is 2.31 bits per heavy atom. The fraction of sp³-hybridized carbons (Fsp3) is 0.419. The number of carbonyl (C=O) groups is 2. The van der Waals surface area contributed by atoms with Crippen LogP contribution in [-0.4, -0.2) is 29.3 Å². The molecule has 3 aromatic carbocycles. The maximum atomic E-state index is 13.8. The van der Waals surface area contributed by atoms with Gasteiger partial charge in [-0.1, -0.05) is 62.6 Å². The zero-order valence-electron chi connectivity index (χ0n) is 20.8. The Morgan fingerprint density at radius 1 is 0.857 bits per heavy atom. The van der Waals surface area contributed by atoms with Crippen molar-refractivity contribution in [1.82, 2.24) is 4.90 Å². The Labute approximate surface area is 208 Å². The largest absolute Gasteiger partial charge is 0.335 e. The van der Waals surface area contributed by atoms with Crippen LogP contribution in [0, 0.1) is 5.92 Å². The zero-order valence-corrected chi connectivity index (χ0v) is 20.8. The number of nitrogens with one attached hydrogen (secondary N) is 1. The molecule has 1 saturated heterocycles. The topological polar surface area (TPSA) is 49.4 Å². The summed E-state index contributed by atoms with van der Waals surface area (Å²) in [6, 6.07) is 20.0. The Balaban J connectivity index is 1.40. The van der Waals surface area contributed by atoms with Gasteiger partial charge in [0.2, 0.25) is 0 Å². The van der Waals surface area contributed by atoms with Crippen molar-refractivity contribution in [3.8, 4) is 0 Å². The fourth-order valence-electron chi connectivity index (χ4n) is 6.05. The predicted octanol–water partition coefficient (Wildman–Crippen LogP) is 7.23. The monoisotopic (exact) mass is 468 g/mol. The molecule has 2 aliphatic rings. The number of unbranched alkanes of at least 4 members (excludes halogenated alkanes) is 1. The summed E-state index contributed by atoms with van der Waals surface area (Å²) < 4.78 is 0. The minimum absolute atomic E-state index is 0.118. The second-order valence-corrected chi connectivity index (χ2v) is 10.2. The van der Waals surface area contributed by atoms with Crippen molar-refractivity contribution in [1.29, 1.82) is 0 Å². The number of nitrogens with zero attached hydrogens (tertiary/aromatic N) is 1. The second kappa shape index (κ2) is 10.6. The number of benzene rings is 3. The highest BCUT2D eigenvalue weighted by molar-refractivity contribution is 6.17. The molecule has 0 radical (unpaired) electrons. The van der Waals surface area contributed by atoms with Gasteiger partial charge in [0, 0.05) is 29.4 Å². The van der Waals surface area contributed by atoms with Crippen LogP contribution in [0.3, 0.4) is 0 Å². The summed E-state index contributed by atoms with van der Waals surface area (Å²) in [7, 11) is 0. The number of amides is 2. The summed E-state index contributed by atoms with van der Waals surface area (Å²) in [6.07, 6.45) is 10.6. The Hall–Kier alpha value is -3.14. The molecule has 35 heavy (non-hydrogen) atoms. The van der Waals surface area contributed by atoms with E-state index in [9.17, 15) is 9.59 Å². The van der Waals surface area contributed by atoms with Gasteiger partial charge >= 0.3 is 0 Å². The second-order valence-electron chi connectivity index (χ2n) is 10.2. The number of rotatable bonds is 6. The van der Waals surface area contributed by atoms with E-state index in [0.717, 1.165) is 42.3 Å². The lowest BCUT2D eigenvalue weighted by atomic mass is 9.78. The number of piperidine rings is 1. The molecule has 3 aromatic rings. The van der Waals surface area contributed by atoms with Crippen molar-refractivity contribution in [3.63, 3.8) is 0 Å². The first-order valence-electron chi connectivity index (χ1n) is 13.4. The van der Waals surface area contributed by atoms with E-state index < -0.39 is 0 Å². The number of hydrogen-bond donors (Lipinski definition) is 1. The van der Waals surface area contributed by atoms with Crippen LogP contribution in [0.2, 0.25) is 0 Å². The number of fused-ring (bicyclic) bond motifs is 2. The van der Waals surface area contributed by atoms with Crippen LogP contribution in [0.4, 0.5) is 5.69 Å². The molecule has 2 amide bonds. The van der Waals surface area contributed by atoms with E-state index >= 15 is 0 Å². The van der Waals surface area contributed by atoms with Gasteiger partial charge in [0.1, 0.15) is 0 Å². The van der Waals surface area contributed by atoms with E-state index in [1.807, 2.05) is 48.5 Å². The first-order chi connectivity index (χ1) is 17.2. The summed E-state index contributed by atoms with van der Waals surface area (Å²) in [4.78, 5) is 29.2. The minimum Gasteiger partial charge on any atom is -0.335 e. The van der Waals surface area contributed by atoms with E-state index in [-0.39, 0.29) is 11.8 Å². The van der Waals surface area contributed by atoms with Crippen molar-refractivity contribution >= 4 is 28.3 Å². The normalized spacial score (nSPS) is 19.9. The lowest BCUT2D eigenvalue weighted by Gasteiger charge is -2.44. The molecule has 1 N–H and O–H groups in total. The van der Waals surface area contributed by atoms with E-state index in [2.05, 4.69) is 29.3 Å². The van der Waals surface area contributed by atoms with Crippen molar-refractivity contribution in [2.45, 2.75) is 70.8 Å². The van der Waals surface area contributed by atoms with Crippen molar-refractivity contribution < 1.29 is 9.59 Å². The number of hydrogen-bond acceptors (Lipinski definition) is 2. The molecular formula is C31H36N2O2. The van der Waals surface area contributed by atoms with Crippen LogP contribution in [0.15, 0.2) is 60.7 Å². The number of anilines is 1. The van der Waals surface area contributed by atoms with E-state index in [1.54, 1.807) is 0 Å². The maximum absolute atomic E-state index is 13.8. The zero-order chi connectivity index (χ0) is 24.2. The number of carbonyl (C=O) groups excluding carboxylic acids is 2. The highest BCUT2D eigenvalue weighted by Crippen LogP contribution is 2.37. The minimum atomic E-state index is -0.146. The van der Waals surface area contributed by atoms with Crippen LogP contribution in [0.1, 0.15) is 84.6 Å². The molecule has 2 atom stereocenters. The molecule has 1 aliphatic heterocycles. The van der Waals surface area contributed by atoms with Gasteiger partial charge in [0.15, 0.2) is 0 Å². The lowest BCUT2D eigenvalue weighted by Crippen LogP contribution is -2.49. The number of aryl methyl sites for hydroxylation is 1. The fourth-order valence-corrected chi connectivity index (χ4v) is 6.05. The standard InChI is InChI=1S/C31H36N2O2/c1-2-3-9-22-15-17-24(18-16-22)32-30(34)27-19-20-28(26-13-6-5-12-25(26)27)31(35)33-21-8-11-23-10-4-7-14-29(23)33/h5-6,12-13,15-20,23,29H,2-4,7-11,14,21H2,1H3,(H,32,34)/t23-,29-/m0/s1. The maximum Gasteiger partial charge on any atom is 0.256 e. The molecular weight excluding hydrogens is 432 g/mol. The average Bonchev–Trinajstić information content (AvgIpc) is 2.91. The van der Waals surface area contributed by atoms with Gasteiger partial charge in [-0.25, -0.2) is 0 Å². The predicted molar refractivity (Wildman–Crippen MR) is 143 cm³/mol. The Morgan fingerprint density at radius 2 is 1.54 bits per heavy atom. The smallest absolute Gasteiger partial charge is 0.256 e. The van der Waals surface area contributed by atoms with Gasteiger partial charge in [-0.2, -0.15) is 0 Å². The van der Waals surface area contributed by atoms with E-state index in [0.29, 0.717) is 23.1 Å². The Kier molecular flexibility index (Phi) is 7.17. The highest BCUT2D eigenvalue weighted by atomic mass is 16.2. The van der Waals surface area contributed by atoms with Crippen molar-refractivity contribution in [3.05, 3.63) is 77.4 Å². The van der Waals surface area contributed by atoms with Crippen molar-refractivity contribution in [2.24, 2.45) is 5.92 Å². The molecule has 4 heteroatoms. The molecule has 182 valence electrons. The molecule has 4 nitrogen and oxygen atoms in total. The van der Waals surface area contributed by atoms with Crippen LogP contribution in [-0.2, 0) is 6.42 Å². The lowest BCUT2D eigenvalue weighted by molar-refractivity contribution is 0.0392. The molecule has 0 aromatic heterocycles. The van der Waals surface area contributed by atoms with Crippen LogP contribution < -0.4 is 5.32 Å². The van der Waals surface area contributed by atoms with E-state index in [4.69, 9.17) is 0 Å². The van der Waals surface area contributed by atoms with E-state index in [1.165, 1.54) is 44.1 Å². The van der Waals surface area contributed by atoms with Gasteiger partial charge in [-0.3, -0.25) is 9.59 Å². The quantitative estimate of drug-likeness (QED) is 0.415. The first-order valence-corrected chi connectivity index (χ1v) is 13.4. The molecule has 1 aliphatic carbocycles. The van der Waals surface area contributed by atoms with Crippen LogP contribution in [0.25, 0.3) is 10.8 Å². The third kappa shape index (κ3) is 4.98. The average molecular weight is 469 g/mol. The molecule has 1 heterocycles. The Bertz CT molecular complexity index is 1200. The summed E-state index contributed by atoms with van der Waals surface area (Å²) >= 11 is 0. The molecule has 0 unspecified atom stereocenters. The van der Waals surface area contributed by atoms with Gasteiger partial charge < -0.3 is 10.2 Å². The molecule has 1 saturated carbocycles. The summed E-state index contributed by atoms with van der Waals surface area (Å²) in [5, 5.41) is 4.73. The van der Waals surface area contributed by atoms with Gasteiger partial charge in [0.25, 0.3) is 11.8 Å². The summed E-state index contributed by atoms with van der Waals surface area (Å²) in [6.45, 7) is 3.03. The molecule has 0 bridgehead atoms. The van der Waals surface area contributed by atoms with Gasteiger partial charge in [-0.15, -0.1) is 0 Å². The first kappa shape index (κ1) is 23.6. The third-order valence-corrected chi connectivity index (χ3v) is 7.93. The number of likely N-dealkylation sites (tertiary alicyclic amines) is 1. The summed E-state index contributed by atoms with van der Waals surface area (Å²) in [5.41, 5.74) is 3.39. The summed E-state index contributed by atoms with van der Waals surface area (Å²) in [5.74, 6) is 0.616. The van der Waals surface area contributed by atoms with Crippen LogP contribution in [0.5, 0.6) is 0 Å². The third-order valence-electron chi connectivity index (χ3n) is 7.93. The van der Waals surface area contributed by atoms with Gasteiger partial charge in [-0.05, 0) is 85.0 Å². The molecule has 2 fully saturated rings. The SMILES string of the molecule is CCCCc1ccc(NC(=O)c2ccc(C(=O)N3CCC[C@@H]4CCCC[C@@H]43)c3ccccc23)cc1. The van der Waals surface area contributed by atoms with Crippen molar-refractivity contribution in [2.75, 3.05) is 11.9 Å².